The molecule has 4 aromatic rings. The lowest BCUT2D eigenvalue weighted by Gasteiger charge is -2.16. The van der Waals surface area contributed by atoms with Crippen molar-refractivity contribution in [2.45, 2.75) is 46.2 Å². The van der Waals surface area contributed by atoms with Crippen molar-refractivity contribution < 1.29 is 4.42 Å². The molecule has 4 heteroatoms. The van der Waals surface area contributed by atoms with Gasteiger partial charge in [-0.15, -0.1) is 11.3 Å². The molecule has 0 spiro atoms. The number of aryl methyl sites for hydroxylation is 1. The molecule has 0 atom stereocenters. The first-order valence-corrected chi connectivity index (χ1v) is 13.9. The highest BCUT2D eigenvalue weighted by Gasteiger charge is 2.33. The van der Waals surface area contributed by atoms with E-state index in [0.29, 0.717) is 5.92 Å². The third-order valence-corrected chi connectivity index (χ3v) is 9.86. The molecule has 0 unspecified atom stereocenters. The Balaban J connectivity index is 1.69. The second-order valence-electron chi connectivity index (χ2n) is 8.26. The first kappa shape index (κ1) is 19.2. The zero-order valence-corrected chi connectivity index (χ0v) is 19.1. The number of hydrogen-bond acceptors (Lipinski definition) is 3. The fourth-order valence-corrected chi connectivity index (χ4v) is 7.16. The molecule has 0 radical (unpaired) electrons. The molecule has 2 aromatic heterocycles. The molecule has 0 saturated carbocycles. The Kier molecular flexibility index (Phi) is 5.02. The third kappa shape index (κ3) is 3.47. The topological polar surface area (TPSA) is 26.0 Å². The van der Waals surface area contributed by atoms with Crippen molar-refractivity contribution in [3.63, 3.8) is 0 Å². The summed E-state index contributed by atoms with van der Waals surface area (Å²) in [5.41, 5.74) is 6.49. The minimum Gasteiger partial charge on any atom is -0.445 e. The molecular formula is C24H27NOSSi. The highest BCUT2D eigenvalue weighted by Crippen LogP contribution is 2.26. The number of thiophene rings is 1. The Bertz CT molecular complexity index is 1110. The van der Waals surface area contributed by atoms with Crippen molar-refractivity contribution in [2.24, 2.45) is 0 Å². The number of fused-ring (bicyclic) bond motifs is 1. The average molecular weight is 406 g/mol. The van der Waals surface area contributed by atoms with Crippen LogP contribution in [0.15, 0.2) is 58.3 Å². The highest BCUT2D eigenvalue weighted by atomic mass is 32.1. The minimum atomic E-state index is -1.92. The zero-order chi connectivity index (χ0) is 19.9. The molecule has 2 heterocycles. The number of rotatable bonds is 5. The molecular weight excluding hydrogens is 378 g/mol. The van der Waals surface area contributed by atoms with Gasteiger partial charge in [0, 0.05) is 4.88 Å². The second kappa shape index (κ2) is 7.34. The molecule has 0 saturated heterocycles. The fourth-order valence-electron chi connectivity index (χ4n) is 3.45. The first-order chi connectivity index (χ1) is 13.4. The second-order valence-corrected chi connectivity index (χ2v) is 13.5. The molecule has 2 nitrogen and oxygen atoms in total. The zero-order valence-electron chi connectivity index (χ0n) is 17.2. The van der Waals surface area contributed by atoms with Gasteiger partial charge in [-0.2, -0.15) is 0 Å². The lowest BCUT2D eigenvalue weighted by molar-refractivity contribution is 0.639. The summed E-state index contributed by atoms with van der Waals surface area (Å²) in [5.74, 6) is 0.547. The van der Waals surface area contributed by atoms with Gasteiger partial charge in [-0.05, 0) is 57.8 Å². The lowest BCUT2D eigenvalue weighted by Crippen LogP contribution is -2.53. The van der Waals surface area contributed by atoms with Crippen LogP contribution in [0.5, 0.6) is 0 Å². The van der Waals surface area contributed by atoms with Gasteiger partial charge in [-0.3, -0.25) is 0 Å². The van der Waals surface area contributed by atoms with E-state index in [1.807, 2.05) is 11.3 Å². The third-order valence-electron chi connectivity index (χ3n) is 5.56. The van der Waals surface area contributed by atoms with E-state index in [4.69, 9.17) is 9.40 Å². The van der Waals surface area contributed by atoms with E-state index >= 15 is 0 Å². The summed E-state index contributed by atoms with van der Waals surface area (Å²) in [4.78, 5) is 6.30. The van der Waals surface area contributed by atoms with Gasteiger partial charge in [0.1, 0.15) is 5.52 Å². The van der Waals surface area contributed by atoms with Crippen LogP contribution in [0.2, 0.25) is 13.1 Å². The van der Waals surface area contributed by atoms with Crippen LogP contribution in [0.1, 0.15) is 37.1 Å². The van der Waals surface area contributed by atoms with Crippen LogP contribution in [-0.2, 0) is 6.42 Å². The lowest BCUT2D eigenvalue weighted by atomic mass is 9.99. The summed E-state index contributed by atoms with van der Waals surface area (Å²) in [6, 6.07) is 17.5. The van der Waals surface area contributed by atoms with Gasteiger partial charge < -0.3 is 4.42 Å². The van der Waals surface area contributed by atoms with Gasteiger partial charge in [0.2, 0.25) is 0 Å². The molecule has 28 heavy (non-hydrogen) atoms. The molecule has 0 amide bonds. The van der Waals surface area contributed by atoms with Gasteiger partial charge >= 0.3 is 0 Å². The maximum absolute atomic E-state index is 6.31. The standard InChI is InChI=1S/C24H27NOSSi/c1-6-20-14-21(15-27-20)28(4,5)24-25-22-12-11-19(13-23(22)26-24)18-9-7-17(8-10-18)16(2)3/h7-16H,6H2,1-5H3. The predicted molar refractivity (Wildman–Crippen MR) is 124 cm³/mol. The summed E-state index contributed by atoms with van der Waals surface area (Å²) in [6.45, 7) is 11.3. The van der Waals surface area contributed by atoms with Crippen molar-refractivity contribution in [1.29, 1.82) is 0 Å². The Morgan fingerprint density at radius 2 is 1.71 bits per heavy atom. The summed E-state index contributed by atoms with van der Waals surface area (Å²) in [7, 11) is -1.92. The maximum atomic E-state index is 6.31. The van der Waals surface area contributed by atoms with Crippen molar-refractivity contribution in [3.05, 3.63) is 64.4 Å². The fraction of sp³-hybridized carbons (Fsp3) is 0.292. The Hall–Kier alpha value is -2.17. The van der Waals surface area contributed by atoms with E-state index in [-0.39, 0.29) is 0 Å². The summed E-state index contributed by atoms with van der Waals surface area (Å²) in [5, 5.41) is 3.70. The van der Waals surface area contributed by atoms with E-state index in [2.05, 4.69) is 87.8 Å². The van der Waals surface area contributed by atoms with Gasteiger partial charge in [0.05, 0.1) is 0 Å². The Morgan fingerprint density at radius 3 is 2.36 bits per heavy atom. The molecule has 2 aromatic carbocycles. The van der Waals surface area contributed by atoms with E-state index < -0.39 is 8.07 Å². The highest BCUT2D eigenvalue weighted by molar-refractivity contribution is 7.13. The van der Waals surface area contributed by atoms with Gasteiger partial charge in [-0.25, -0.2) is 4.98 Å². The van der Waals surface area contributed by atoms with Crippen LogP contribution >= 0.6 is 11.3 Å². The SMILES string of the molecule is CCc1cc([Si](C)(C)c2nc3ccc(-c4ccc(C(C)C)cc4)cc3o2)cs1. The summed E-state index contributed by atoms with van der Waals surface area (Å²) in [6.07, 6.45) is 1.08. The number of nitrogens with zero attached hydrogens (tertiary/aromatic N) is 1. The monoisotopic (exact) mass is 405 g/mol. The van der Waals surface area contributed by atoms with Gasteiger partial charge in [-0.1, -0.05) is 64.2 Å². The Morgan fingerprint density at radius 1 is 1.00 bits per heavy atom. The van der Waals surface area contributed by atoms with Gasteiger partial charge in [0.15, 0.2) is 19.2 Å². The molecule has 0 fully saturated rings. The average Bonchev–Trinajstić information content (AvgIpc) is 3.35. The molecule has 4 rings (SSSR count). The smallest absolute Gasteiger partial charge is 0.182 e. The summed E-state index contributed by atoms with van der Waals surface area (Å²) >= 11 is 1.85. The summed E-state index contributed by atoms with van der Waals surface area (Å²) < 4.78 is 6.31. The predicted octanol–water partition coefficient (Wildman–Crippen LogP) is 6.06. The normalized spacial score (nSPS) is 12.2. The van der Waals surface area contributed by atoms with Crippen molar-refractivity contribution >= 4 is 41.2 Å². The van der Waals surface area contributed by atoms with Crippen molar-refractivity contribution in [2.75, 3.05) is 0 Å². The number of aromatic nitrogens is 1. The molecule has 144 valence electrons. The van der Waals surface area contributed by atoms with Crippen LogP contribution in [0.25, 0.3) is 22.2 Å². The van der Waals surface area contributed by atoms with Crippen molar-refractivity contribution in [3.8, 4) is 11.1 Å². The molecule has 0 aliphatic carbocycles. The maximum Gasteiger partial charge on any atom is 0.182 e. The quantitative estimate of drug-likeness (QED) is 0.377. The van der Waals surface area contributed by atoms with E-state index in [0.717, 1.165) is 23.0 Å². The van der Waals surface area contributed by atoms with Crippen molar-refractivity contribution in [1.82, 2.24) is 4.98 Å². The number of hydrogen-bond donors (Lipinski definition) is 0. The van der Waals surface area contributed by atoms with E-state index in [1.54, 1.807) is 0 Å². The minimum absolute atomic E-state index is 0.547. The van der Waals surface area contributed by atoms with E-state index in [9.17, 15) is 0 Å². The van der Waals surface area contributed by atoms with Crippen LogP contribution in [-0.4, -0.2) is 13.1 Å². The van der Waals surface area contributed by atoms with Crippen LogP contribution in [0.4, 0.5) is 0 Å². The molecule has 0 N–H and O–H groups in total. The first-order valence-electron chi connectivity index (χ1n) is 9.97. The number of oxazole rings is 1. The molecule has 0 aliphatic heterocycles. The number of benzene rings is 2. The van der Waals surface area contributed by atoms with Gasteiger partial charge in [0.25, 0.3) is 0 Å². The van der Waals surface area contributed by atoms with Crippen LogP contribution < -0.4 is 10.7 Å². The molecule has 0 bridgehead atoms. The van der Waals surface area contributed by atoms with Crippen LogP contribution in [0.3, 0.4) is 0 Å². The molecule has 0 aliphatic rings. The largest absolute Gasteiger partial charge is 0.445 e. The van der Waals surface area contributed by atoms with Crippen LogP contribution in [0, 0.1) is 0 Å². The van der Waals surface area contributed by atoms with E-state index in [1.165, 1.54) is 26.8 Å². The Labute approximate surface area is 172 Å².